The summed E-state index contributed by atoms with van der Waals surface area (Å²) in [6.45, 7) is 1.25. The molecule has 0 atom stereocenters. The van der Waals surface area contributed by atoms with Crippen molar-refractivity contribution in [1.29, 1.82) is 0 Å². The van der Waals surface area contributed by atoms with Crippen LogP contribution in [0.4, 0.5) is 18.9 Å². The van der Waals surface area contributed by atoms with E-state index < -0.39 is 29.2 Å². The van der Waals surface area contributed by atoms with Gasteiger partial charge in [-0.05, 0) is 49.4 Å². The first-order valence-corrected chi connectivity index (χ1v) is 8.34. The number of alkyl halides is 2. The number of carbonyl (C=O) groups excluding carboxylic acids is 2. The van der Waals surface area contributed by atoms with Gasteiger partial charge in [0.25, 0.3) is 5.91 Å². The van der Waals surface area contributed by atoms with Gasteiger partial charge < -0.3 is 10.1 Å². The lowest BCUT2D eigenvalue weighted by Gasteiger charge is -2.18. The van der Waals surface area contributed by atoms with Crippen molar-refractivity contribution in [1.82, 2.24) is 4.98 Å². The second-order valence-corrected chi connectivity index (χ2v) is 5.82. The molecule has 1 heterocycles. The zero-order chi connectivity index (χ0) is 20.3. The zero-order valence-corrected chi connectivity index (χ0v) is 14.7. The molecule has 0 aliphatic carbocycles. The van der Waals surface area contributed by atoms with Gasteiger partial charge in [0.05, 0.1) is 17.8 Å². The lowest BCUT2D eigenvalue weighted by molar-refractivity contribution is -0.172. The summed E-state index contributed by atoms with van der Waals surface area (Å²) in [7, 11) is 0. The van der Waals surface area contributed by atoms with E-state index in [0.717, 1.165) is 18.2 Å². The van der Waals surface area contributed by atoms with Gasteiger partial charge in [0, 0.05) is 22.7 Å². The molecule has 0 saturated carbocycles. The Morgan fingerprint density at radius 2 is 1.82 bits per heavy atom. The summed E-state index contributed by atoms with van der Waals surface area (Å²) in [5.41, 5.74) is -0.131. The Morgan fingerprint density at radius 3 is 2.50 bits per heavy atom. The molecule has 0 aliphatic heterocycles. The maximum absolute atomic E-state index is 14.5. The summed E-state index contributed by atoms with van der Waals surface area (Å²) >= 11 is 0. The van der Waals surface area contributed by atoms with E-state index >= 15 is 0 Å². The quantitative estimate of drug-likeness (QED) is 0.663. The first-order valence-electron chi connectivity index (χ1n) is 8.34. The smallest absolute Gasteiger partial charge is 0.382 e. The average molecular weight is 388 g/mol. The number of aromatic nitrogens is 1. The Hall–Kier alpha value is -3.42. The maximum Gasteiger partial charge on any atom is 0.382 e. The van der Waals surface area contributed by atoms with Crippen LogP contribution in [0.3, 0.4) is 0 Å². The number of hydrogen-bond acceptors (Lipinski definition) is 4. The number of nitrogens with one attached hydrogen (secondary N) is 1. The first kappa shape index (κ1) is 19.3. The number of carbonyl (C=O) groups is 2. The molecule has 8 heteroatoms. The summed E-state index contributed by atoms with van der Waals surface area (Å²) in [5, 5.41) is 2.57. The maximum atomic E-state index is 14.5. The van der Waals surface area contributed by atoms with E-state index in [9.17, 15) is 22.8 Å². The fraction of sp³-hybridized carbons (Fsp3) is 0.150. The van der Waals surface area contributed by atoms with Crippen LogP contribution in [0.15, 0.2) is 54.7 Å². The SMILES string of the molecule is CCOC(=O)C(F)(F)c1ccc(NC(=O)c2ccc(F)cc2)c2ncccc12. The molecule has 0 spiro atoms. The van der Waals surface area contributed by atoms with Gasteiger partial charge in [0.2, 0.25) is 0 Å². The number of hydrogen-bond donors (Lipinski definition) is 1. The summed E-state index contributed by atoms with van der Waals surface area (Å²) in [6, 6.07) is 9.95. The molecule has 1 aromatic heterocycles. The van der Waals surface area contributed by atoms with E-state index in [1.165, 1.54) is 43.5 Å². The summed E-state index contributed by atoms with van der Waals surface area (Å²) in [5.74, 6) is -6.59. The third-order valence-electron chi connectivity index (χ3n) is 3.99. The molecule has 0 unspecified atom stereocenters. The predicted molar refractivity (Wildman–Crippen MR) is 96.6 cm³/mol. The van der Waals surface area contributed by atoms with E-state index in [1.54, 1.807) is 0 Å². The Labute approximate surface area is 158 Å². The number of anilines is 1. The van der Waals surface area contributed by atoms with Crippen LogP contribution < -0.4 is 5.32 Å². The van der Waals surface area contributed by atoms with Crippen LogP contribution in [0.2, 0.25) is 0 Å². The van der Waals surface area contributed by atoms with Gasteiger partial charge in [-0.15, -0.1) is 0 Å². The van der Waals surface area contributed by atoms with E-state index in [4.69, 9.17) is 0 Å². The minimum atomic E-state index is -3.88. The van der Waals surface area contributed by atoms with Crippen LogP contribution in [0.1, 0.15) is 22.8 Å². The summed E-state index contributed by atoms with van der Waals surface area (Å²) in [6.07, 6.45) is 1.38. The number of nitrogens with zero attached hydrogens (tertiary/aromatic N) is 1. The number of halogens is 3. The normalized spacial score (nSPS) is 11.3. The Balaban J connectivity index is 2.01. The number of amides is 1. The highest BCUT2D eigenvalue weighted by atomic mass is 19.3. The van der Waals surface area contributed by atoms with Gasteiger partial charge in [0.1, 0.15) is 5.82 Å². The highest BCUT2D eigenvalue weighted by Gasteiger charge is 2.44. The van der Waals surface area contributed by atoms with Crippen molar-refractivity contribution in [2.24, 2.45) is 0 Å². The minimum absolute atomic E-state index is 0.00235. The fourth-order valence-electron chi connectivity index (χ4n) is 2.67. The molecular formula is C20H15F3N2O3. The van der Waals surface area contributed by atoms with Crippen LogP contribution in [0.5, 0.6) is 0 Å². The molecule has 0 bridgehead atoms. The second-order valence-electron chi connectivity index (χ2n) is 5.82. The molecule has 0 aliphatic rings. The molecule has 144 valence electrons. The molecule has 0 radical (unpaired) electrons. The van der Waals surface area contributed by atoms with Gasteiger partial charge in [0.15, 0.2) is 0 Å². The zero-order valence-electron chi connectivity index (χ0n) is 14.7. The monoisotopic (exact) mass is 388 g/mol. The third kappa shape index (κ3) is 3.66. The molecule has 3 aromatic rings. The molecule has 1 N–H and O–H groups in total. The number of fused-ring (bicyclic) bond motifs is 1. The average Bonchev–Trinajstić information content (AvgIpc) is 2.68. The van der Waals surface area contributed by atoms with E-state index in [1.807, 2.05) is 0 Å². The van der Waals surface area contributed by atoms with E-state index in [2.05, 4.69) is 15.0 Å². The minimum Gasteiger partial charge on any atom is -0.461 e. The van der Waals surface area contributed by atoms with Crippen molar-refractivity contribution in [2.75, 3.05) is 11.9 Å². The summed E-state index contributed by atoms with van der Waals surface area (Å²) < 4.78 is 46.6. The number of rotatable bonds is 5. The Kier molecular flexibility index (Phi) is 5.30. The van der Waals surface area contributed by atoms with Crippen molar-refractivity contribution in [3.8, 4) is 0 Å². The number of pyridine rings is 1. The molecule has 0 fully saturated rings. The van der Waals surface area contributed by atoms with Crippen molar-refractivity contribution in [2.45, 2.75) is 12.8 Å². The predicted octanol–water partition coefficient (Wildman–Crippen LogP) is 4.28. The van der Waals surface area contributed by atoms with Crippen molar-refractivity contribution >= 4 is 28.5 Å². The lowest BCUT2D eigenvalue weighted by atomic mass is 10.0. The second kappa shape index (κ2) is 7.67. The molecule has 1 amide bonds. The van der Waals surface area contributed by atoms with Crippen molar-refractivity contribution in [3.63, 3.8) is 0 Å². The van der Waals surface area contributed by atoms with Gasteiger partial charge in [-0.25, -0.2) is 9.18 Å². The van der Waals surface area contributed by atoms with Crippen LogP contribution in [0, 0.1) is 5.82 Å². The van der Waals surface area contributed by atoms with Gasteiger partial charge in [-0.2, -0.15) is 8.78 Å². The van der Waals surface area contributed by atoms with E-state index in [0.29, 0.717) is 0 Å². The lowest BCUT2D eigenvalue weighted by Crippen LogP contribution is -2.28. The Morgan fingerprint density at radius 1 is 1.11 bits per heavy atom. The molecular weight excluding hydrogens is 373 g/mol. The number of esters is 1. The largest absolute Gasteiger partial charge is 0.461 e. The van der Waals surface area contributed by atoms with Crippen molar-refractivity contribution < 1.29 is 27.5 Å². The van der Waals surface area contributed by atoms with E-state index in [-0.39, 0.29) is 28.8 Å². The Bertz CT molecular complexity index is 1040. The highest BCUT2D eigenvalue weighted by molar-refractivity contribution is 6.09. The highest BCUT2D eigenvalue weighted by Crippen LogP contribution is 2.36. The molecule has 28 heavy (non-hydrogen) atoms. The van der Waals surface area contributed by atoms with Crippen LogP contribution in [-0.4, -0.2) is 23.5 Å². The van der Waals surface area contributed by atoms with Crippen LogP contribution >= 0.6 is 0 Å². The van der Waals surface area contributed by atoms with Crippen LogP contribution in [-0.2, 0) is 15.5 Å². The fourth-order valence-corrected chi connectivity index (χ4v) is 2.67. The van der Waals surface area contributed by atoms with Gasteiger partial charge in [-0.1, -0.05) is 6.07 Å². The number of benzene rings is 2. The standard InChI is InChI=1S/C20H15F3N2O3/c1-2-28-19(27)20(22,23)15-9-10-16(17-14(15)4-3-11-24-17)25-18(26)12-5-7-13(21)8-6-12/h3-11H,2H2,1H3,(H,25,26). The van der Waals surface area contributed by atoms with Gasteiger partial charge >= 0.3 is 11.9 Å². The molecule has 5 nitrogen and oxygen atoms in total. The third-order valence-corrected chi connectivity index (χ3v) is 3.99. The number of ether oxygens (including phenoxy) is 1. The van der Waals surface area contributed by atoms with Crippen molar-refractivity contribution in [3.05, 3.63) is 71.7 Å². The summed E-state index contributed by atoms with van der Waals surface area (Å²) in [4.78, 5) is 28.1. The molecule has 2 aromatic carbocycles. The molecule has 0 saturated heterocycles. The topological polar surface area (TPSA) is 68.3 Å². The first-order chi connectivity index (χ1) is 13.3. The van der Waals surface area contributed by atoms with Gasteiger partial charge in [-0.3, -0.25) is 9.78 Å². The molecule has 3 rings (SSSR count). The van der Waals surface area contributed by atoms with Crippen LogP contribution in [0.25, 0.3) is 10.9 Å².